The zero-order valence-corrected chi connectivity index (χ0v) is 18.6. The number of hydrogen-bond donors (Lipinski definition) is 2. The molecule has 0 saturated heterocycles. The van der Waals surface area contributed by atoms with Crippen LogP contribution in [-0.2, 0) is 28.1 Å². The molecule has 28 heavy (non-hydrogen) atoms. The summed E-state index contributed by atoms with van der Waals surface area (Å²) in [5, 5.41) is 0. The molecule has 0 aromatic carbocycles. The van der Waals surface area contributed by atoms with Gasteiger partial charge in [0.15, 0.2) is 0 Å². The minimum atomic E-state index is -4.96. The molecular weight excluding hydrogens is 387 g/mol. The van der Waals surface area contributed by atoms with Crippen LogP contribution in [0.15, 0.2) is 0 Å². The third-order valence-corrected chi connectivity index (χ3v) is 4.92. The van der Waals surface area contributed by atoms with Gasteiger partial charge in [-0.2, -0.15) is 4.52 Å². The van der Waals surface area contributed by atoms with Crippen molar-refractivity contribution in [1.82, 2.24) is 0 Å². The first-order valence-electron chi connectivity index (χ1n) is 10.4. The molecule has 0 radical (unpaired) electrons. The van der Waals surface area contributed by atoms with Crippen molar-refractivity contribution >= 4 is 13.8 Å². The van der Waals surface area contributed by atoms with Gasteiger partial charge in [0, 0.05) is 20.6 Å². The Labute approximate surface area is 169 Å². The van der Waals surface area contributed by atoms with E-state index in [9.17, 15) is 9.36 Å². The number of hydrogen-bond acceptors (Lipinski definition) is 6. The molecule has 0 saturated carbocycles. The molecule has 0 aromatic rings. The Bertz CT molecular complexity index is 434. The first-order valence-corrected chi connectivity index (χ1v) is 11.9. The lowest BCUT2D eigenvalue weighted by Gasteiger charge is -2.28. The maximum absolute atomic E-state index is 11.8. The van der Waals surface area contributed by atoms with Crippen molar-refractivity contribution in [2.45, 2.75) is 103 Å². The summed E-state index contributed by atoms with van der Waals surface area (Å²) < 4.78 is 29.4. The quantitative estimate of drug-likeness (QED) is 0.128. The predicted octanol–water partition coefficient (Wildman–Crippen LogP) is 5.02. The second kappa shape index (κ2) is 16.3. The number of phosphoric acid groups is 1. The van der Waals surface area contributed by atoms with E-state index in [0.29, 0.717) is 6.42 Å². The van der Waals surface area contributed by atoms with Crippen molar-refractivity contribution < 1.29 is 37.9 Å². The van der Waals surface area contributed by atoms with Gasteiger partial charge in [0.05, 0.1) is 0 Å². The van der Waals surface area contributed by atoms with Crippen LogP contribution in [0, 0.1) is 0 Å². The molecule has 0 atom stereocenters. The minimum absolute atomic E-state index is 0.0940. The van der Waals surface area contributed by atoms with Crippen LogP contribution in [0.25, 0.3) is 0 Å². The average Bonchev–Trinajstić information content (AvgIpc) is 2.63. The summed E-state index contributed by atoms with van der Waals surface area (Å²) in [5.74, 6) is -0.708. The van der Waals surface area contributed by atoms with Crippen LogP contribution in [0.4, 0.5) is 0 Å². The van der Waals surface area contributed by atoms with Gasteiger partial charge in [-0.25, -0.2) is 4.57 Å². The zero-order valence-electron chi connectivity index (χ0n) is 17.7. The van der Waals surface area contributed by atoms with Crippen LogP contribution in [0.1, 0.15) is 96.8 Å². The molecule has 0 aromatic heterocycles. The first-order chi connectivity index (χ1) is 13.3. The smallest absolute Gasteiger partial charge is 0.384 e. The molecule has 0 rings (SSSR count). The number of methoxy groups -OCH3 is 2. The molecule has 0 fully saturated rings. The van der Waals surface area contributed by atoms with Crippen molar-refractivity contribution in [2.24, 2.45) is 0 Å². The van der Waals surface area contributed by atoms with Gasteiger partial charge in [0.25, 0.3) is 0 Å². The number of unbranched alkanes of at least 4 members (excludes halogenated alkanes) is 12. The van der Waals surface area contributed by atoms with E-state index < -0.39 is 20.0 Å². The van der Waals surface area contributed by atoms with E-state index in [4.69, 9.17) is 14.5 Å². The summed E-state index contributed by atoms with van der Waals surface area (Å²) in [6.45, 7) is 2.23. The van der Waals surface area contributed by atoms with E-state index in [1.807, 2.05) is 0 Å². The Morgan fingerprint density at radius 2 is 1.18 bits per heavy atom. The van der Waals surface area contributed by atoms with Gasteiger partial charge in [0.2, 0.25) is 0 Å². The minimum Gasteiger partial charge on any atom is -0.384 e. The fraction of sp³-hybridized carbons (Fsp3) is 0.947. The number of carbonyl (C=O) groups is 1. The van der Waals surface area contributed by atoms with Crippen LogP contribution in [0.5, 0.6) is 0 Å². The van der Waals surface area contributed by atoms with Crippen molar-refractivity contribution in [3.05, 3.63) is 0 Å². The highest BCUT2D eigenvalue weighted by atomic mass is 31.2. The van der Waals surface area contributed by atoms with E-state index in [2.05, 4.69) is 20.9 Å². The molecule has 0 spiro atoms. The van der Waals surface area contributed by atoms with Crippen LogP contribution < -0.4 is 0 Å². The van der Waals surface area contributed by atoms with Gasteiger partial charge in [0.1, 0.15) is 0 Å². The van der Waals surface area contributed by atoms with E-state index >= 15 is 0 Å². The lowest BCUT2D eigenvalue weighted by molar-refractivity contribution is -0.442. The summed E-state index contributed by atoms with van der Waals surface area (Å²) in [7, 11) is -2.86. The van der Waals surface area contributed by atoms with Gasteiger partial charge < -0.3 is 14.5 Å². The largest absolute Gasteiger partial charge is 0.476 e. The molecule has 0 amide bonds. The van der Waals surface area contributed by atoms with Crippen molar-refractivity contribution in [1.29, 1.82) is 0 Å². The predicted molar refractivity (Wildman–Crippen MR) is 106 cm³/mol. The topological polar surface area (TPSA) is 112 Å². The average molecular weight is 426 g/mol. The normalized spacial score (nSPS) is 12.3. The third-order valence-electron chi connectivity index (χ3n) is 4.45. The summed E-state index contributed by atoms with van der Waals surface area (Å²) in [4.78, 5) is 29.6. The number of carbonyl (C=O) groups excluding carboxylic acids is 1. The van der Waals surface area contributed by atoms with Crippen molar-refractivity contribution in [3.8, 4) is 0 Å². The van der Waals surface area contributed by atoms with E-state index in [1.54, 1.807) is 0 Å². The SMILES string of the molecule is CCCCCCCCCCCCCCCC(=O)OC(OC)(OC)OP(=O)(O)O. The van der Waals surface area contributed by atoms with Gasteiger partial charge in [-0.15, -0.1) is 0 Å². The lowest BCUT2D eigenvalue weighted by atomic mass is 10.0. The molecule has 0 bridgehead atoms. The molecular formula is C19H39O8P. The van der Waals surface area contributed by atoms with Gasteiger partial charge in [-0.3, -0.25) is 14.3 Å². The van der Waals surface area contributed by atoms with E-state index in [1.165, 1.54) is 57.8 Å². The van der Waals surface area contributed by atoms with Crippen LogP contribution in [-0.4, -0.2) is 36.1 Å². The zero-order chi connectivity index (χ0) is 21.3. The second-order valence-electron chi connectivity index (χ2n) is 6.96. The molecule has 9 heteroatoms. The maximum atomic E-state index is 11.8. The molecule has 0 aliphatic rings. The van der Waals surface area contributed by atoms with Crippen LogP contribution >= 0.6 is 7.82 Å². The second-order valence-corrected chi connectivity index (χ2v) is 8.12. The fourth-order valence-electron chi connectivity index (χ4n) is 2.88. The van der Waals surface area contributed by atoms with Crippen molar-refractivity contribution in [3.63, 3.8) is 0 Å². The monoisotopic (exact) mass is 426 g/mol. The Balaban J connectivity index is 3.72. The van der Waals surface area contributed by atoms with Gasteiger partial charge in [-0.1, -0.05) is 84.0 Å². The number of phosphoric ester groups is 1. The Kier molecular flexibility index (Phi) is 16.0. The lowest BCUT2D eigenvalue weighted by Crippen LogP contribution is -2.41. The standard InChI is InChI=1S/C19H39O8P/c1-4-5-6-7-8-9-10-11-12-13-14-15-16-17-18(20)26-19(24-2,25-3)27-28(21,22)23/h4-17H2,1-3H3,(H2,21,22,23). The number of rotatable bonds is 19. The van der Waals surface area contributed by atoms with E-state index in [0.717, 1.165) is 33.5 Å². The van der Waals surface area contributed by atoms with E-state index in [-0.39, 0.29) is 6.42 Å². The molecule has 0 heterocycles. The van der Waals surface area contributed by atoms with Gasteiger partial charge >= 0.3 is 20.0 Å². The van der Waals surface area contributed by atoms with Crippen molar-refractivity contribution in [2.75, 3.05) is 14.2 Å². The number of esters is 1. The highest BCUT2D eigenvalue weighted by Crippen LogP contribution is 2.42. The van der Waals surface area contributed by atoms with Gasteiger partial charge in [-0.05, 0) is 6.42 Å². The summed E-state index contributed by atoms with van der Waals surface area (Å²) in [6.07, 6.45) is 13.1. The molecule has 0 aliphatic carbocycles. The van der Waals surface area contributed by atoms with Crippen LogP contribution in [0.3, 0.4) is 0 Å². The number of ether oxygens (including phenoxy) is 3. The Hall–Kier alpha value is -0.500. The Morgan fingerprint density at radius 1 is 0.786 bits per heavy atom. The summed E-state index contributed by atoms with van der Waals surface area (Å²) in [5.41, 5.74) is 0. The molecule has 2 N–H and O–H groups in total. The first kappa shape index (κ1) is 27.5. The summed E-state index contributed by atoms with van der Waals surface area (Å²) >= 11 is 0. The molecule has 0 aliphatic heterocycles. The fourth-order valence-corrected chi connectivity index (χ4v) is 3.36. The Morgan fingerprint density at radius 3 is 1.54 bits per heavy atom. The van der Waals surface area contributed by atoms with Crippen LogP contribution in [0.2, 0.25) is 0 Å². The third kappa shape index (κ3) is 15.4. The molecule has 0 unspecified atom stereocenters. The highest BCUT2D eigenvalue weighted by molar-refractivity contribution is 7.46. The maximum Gasteiger partial charge on any atom is 0.476 e. The summed E-state index contributed by atoms with van der Waals surface area (Å²) in [6, 6.07) is 0. The molecule has 8 nitrogen and oxygen atoms in total. The highest BCUT2D eigenvalue weighted by Gasteiger charge is 2.43. The molecule has 168 valence electrons.